The number of carboxylic acids is 1. The minimum absolute atomic E-state index is 0.154. The maximum absolute atomic E-state index is 10.4. The molecule has 8 heteroatoms. The van der Waals surface area contributed by atoms with E-state index in [0.29, 0.717) is 19.4 Å². The van der Waals surface area contributed by atoms with Crippen molar-refractivity contribution >= 4 is 5.97 Å². The highest BCUT2D eigenvalue weighted by Gasteiger charge is 2.43. The Labute approximate surface area is 124 Å². The number of methoxy groups -OCH3 is 1. The lowest BCUT2D eigenvalue weighted by Crippen LogP contribution is -2.63. The molecule has 1 heterocycles. The Hall–Kier alpha value is -0.770. The van der Waals surface area contributed by atoms with Gasteiger partial charge in [-0.3, -0.25) is 4.79 Å². The fourth-order valence-corrected chi connectivity index (χ4v) is 2.32. The molecule has 6 N–H and O–H groups in total. The van der Waals surface area contributed by atoms with Gasteiger partial charge in [0.05, 0.1) is 6.04 Å². The van der Waals surface area contributed by atoms with Crippen molar-refractivity contribution in [2.45, 2.75) is 56.3 Å². The molecule has 1 fully saturated rings. The number of aliphatic hydroxyl groups is 1. The van der Waals surface area contributed by atoms with Gasteiger partial charge in [0, 0.05) is 26.7 Å². The van der Waals surface area contributed by atoms with Crippen molar-refractivity contribution < 1.29 is 29.2 Å². The number of hydrogen-bond donors (Lipinski definition) is 4. The number of nitrogens with two attached hydrogens (primary N) is 2. The number of hydrogen-bond acceptors (Lipinski definition) is 7. The summed E-state index contributed by atoms with van der Waals surface area (Å²) in [6.07, 6.45) is -0.498. The Bertz CT molecular complexity index is 315. The van der Waals surface area contributed by atoms with Gasteiger partial charge in [-0.2, -0.15) is 0 Å². The Balaban J connectivity index is 2.36. The topological polar surface area (TPSA) is 137 Å². The number of carboxylic acid groups (broad SMARTS) is 1. The van der Waals surface area contributed by atoms with Crippen LogP contribution in [0.3, 0.4) is 0 Å². The number of carbonyl (C=O) groups is 1. The van der Waals surface area contributed by atoms with Crippen molar-refractivity contribution in [2.24, 2.45) is 11.5 Å². The molecule has 0 aromatic carbocycles. The quantitative estimate of drug-likeness (QED) is 0.399. The number of aliphatic carboxylic acids is 1. The molecule has 0 amide bonds. The van der Waals surface area contributed by atoms with Gasteiger partial charge < -0.3 is 35.9 Å². The predicted molar refractivity (Wildman–Crippen MR) is 74.6 cm³/mol. The van der Waals surface area contributed by atoms with Crippen LogP contribution in [0.15, 0.2) is 0 Å². The van der Waals surface area contributed by atoms with Crippen LogP contribution < -0.4 is 11.5 Å². The summed E-state index contributed by atoms with van der Waals surface area (Å²) in [7, 11) is 1.45. The molecule has 124 valence electrons. The molecule has 0 saturated carbocycles. The summed E-state index contributed by atoms with van der Waals surface area (Å²) in [5, 5.41) is 18.7. The minimum atomic E-state index is -0.920. The molecule has 0 aromatic heterocycles. The van der Waals surface area contributed by atoms with E-state index in [0.717, 1.165) is 6.42 Å². The molecule has 0 bridgehead atoms. The van der Waals surface area contributed by atoms with Gasteiger partial charge in [0.1, 0.15) is 18.3 Å². The largest absolute Gasteiger partial charge is 0.481 e. The molecule has 1 rings (SSSR count). The lowest BCUT2D eigenvalue weighted by molar-refractivity contribution is -0.258. The van der Waals surface area contributed by atoms with Crippen LogP contribution in [0.2, 0.25) is 0 Å². The average Bonchev–Trinajstić information content (AvgIpc) is 2.46. The van der Waals surface area contributed by atoms with Crippen molar-refractivity contribution in [3.05, 3.63) is 0 Å². The molecule has 5 atom stereocenters. The summed E-state index contributed by atoms with van der Waals surface area (Å²) in [5.74, 6) is -0.799. The number of unbranched alkanes of at least 4 members (excludes halogenated alkanes) is 2. The standard InChI is InChI=1S/C13H26N2O6/c1-19-13-10(15)11(18)12(8(7-14)21-13)20-6-4-2-3-5-9(16)17/h8,10-13,18H,2-7,14-15H2,1H3,(H,16,17)/t8?,10?,11-,12-,13+/m1/s1. The van der Waals surface area contributed by atoms with Crippen LogP contribution >= 0.6 is 0 Å². The van der Waals surface area contributed by atoms with E-state index in [-0.39, 0.29) is 13.0 Å². The summed E-state index contributed by atoms with van der Waals surface area (Å²) in [6.45, 7) is 0.582. The van der Waals surface area contributed by atoms with Gasteiger partial charge in [0.15, 0.2) is 6.29 Å². The summed E-state index contributed by atoms with van der Waals surface area (Å²) in [5.41, 5.74) is 11.5. The highest BCUT2D eigenvalue weighted by atomic mass is 16.7. The summed E-state index contributed by atoms with van der Waals surface area (Å²) in [6, 6.07) is -0.699. The van der Waals surface area contributed by atoms with Crippen molar-refractivity contribution in [2.75, 3.05) is 20.3 Å². The van der Waals surface area contributed by atoms with E-state index in [1.54, 1.807) is 0 Å². The molecule has 0 aliphatic carbocycles. The first-order valence-electron chi connectivity index (χ1n) is 7.16. The van der Waals surface area contributed by atoms with Crippen molar-refractivity contribution in [1.82, 2.24) is 0 Å². The zero-order chi connectivity index (χ0) is 15.8. The summed E-state index contributed by atoms with van der Waals surface area (Å²) >= 11 is 0. The molecule has 21 heavy (non-hydrogen) atoms. The molecule has 1 aliphatic heterocycles. The van der Waals surface area contributed by atoms with Gasteiger partial charge >= 0.3 is 5.97 Å². The van der Waals surface area contributed by atoms with Gasteiger partial charge in [-0.1, -0.05) is 6.42 Å². The smallest absolute Gasteiger partial charge is 0.303 e. The third-order valence-electron chi connectivity index (χ3n) is 3.53. The van der Waals surface area contributed by atoms with Crippen LogP contribution in [-0.2, 0) is 19.0 Å². The van der Waals surface area contributed by atoms with Crippen LogP contribution in [0.4, 0.5) is 0 Å². The first-order chi connectivity index (χ1) is 10.0. The average molecular weight is 306 g/mol. The molecule has 1 saturated heterocycles. The monoisotopic (exact) mass is 306 g/mol. The first kappa shape index (κ1) is 18.3. The SMILES string of the molecule is CO[C@H]1OC(CN)[C@@H](OCCCCCC(=O)O)[C@H](O)C1N. The summed E-state index contributed by atoms with van der Waals surface area (Å²) in [4.78, 5) is 10.4. The fraction of sp³-hybridized carbons (Fsp3) is 0.923. The van der Waals surface area contributed by atoms with E-state index in [9.17, 15) is 9.90 Å². The lowest BCUT2D eigenvalue weighted by Gasteiger charge is -2.42. The van der Waals surface area contributed by atoms with Gasteiger partial charge in [0.25, 0.3) is 0 Å². The van der Waals surface area contributed by atoms with Crippen molar-refractivity contribution in [3.8, 4) is 0 Å². The number of ether oxygens (including phenoxy) is 3. The zero-order valence-corrected chi connectivity index (χ0v) is 12.3. The van der Waals surface area contributed by atoms with Crippen LogP contribution in [-0.4, -0.2) is 67.1 Å². The molecular weight excluding hydrogens is 280 g/mol. The Kier molecular flexibility index (Phi) is 8.09. The van der Waals surface area contributed by atoms with E-state index in [1.165, 1.54) is 7.11 Å². The first-order valence-corrected chi connectivity index (χ1v) is 7.16. The predicted octanol–water partition coefficient (Wildman–Crippen LogP) is -0.965. The minimum Gasteiger partial charge on any atom is -0.481 e. The van der Waals surface area contributed by atoms with E-state index < -0.39 is 36.6 Å². The maximum atomic E-state index is 10.4. The highest BCUT2D eigenvalue weighted by Crippen LogP contribution is 2.22. The van der Waals surface area contributed by atoms with Crippen LogP contribution in [0.1, 0.15) is 25.7 Å². The third kappa shape index (κ3) is 5.50. The Morgan fingerprint density at radius 3 is 2.62 bits per heavy atom. The molecule has 1 aliphatic rings. The molecule has 0 spiro atoms. The second-order valence-corrected chi connectivity index (χ2v) is 5.12. The molecule has 2 unspecified atom stereocenters. The molecule has 0 radical (unpaired) electrons. The summed E-state index contributed by atoms with van der Waals surface area (Å²) < 4.78 is 16.2. The van der Waals surface area contributed by atoms with Gasteiger partial charge in [0.2, 0.25) is 0 Å². The lowest BCUT2D eigenvalue weighted by atomic mass is 9.97. The second-order valence-electron chi connectivity index (χ2n) is 5.12. The number of rotatable bonds is 9. The van der Waals surface area contributed by atoms with E-state index in [1.807, 2.05) is 0 Å². The molecular formula is C13H26N2O6. The van der Waals surface area contributed by atoms with E-state index in [2.05, 4.69) is 0 Å². The second kappa shape index (κ2) is 9.29. The van der Waals surface area contributed by atoms with Gasteiger partial charge in [-0.05, 0) is 12.8 Å². The van der Waals surface area contributed by atoms with Crippen molar-refractivity contribution in [1.29, 1.82) is 0 Å². The van der Waals surface area contributed by atoms with E-state index in [4.69, 9.17) is 30.8 Å². The highest BCUT2D eigenvalue weighted by molar-refractivity contribution is 5.66. The Morgan fingerprint density at radius 2 is 2.05 bits per heavy atom. The van der Waals surface area contributed by atoms with Crippen LogP contribution in [0.5, 0.6) is 0 Å². The maximum Gasteiger partial charge on any atom is 0.303 e. The normalized spacial score (nSPS) is 33.0. The Morgan fingerprint density at radius 1 is 1.33 bits per heavy atom. The van der Waals surface area contributed by atoms with Crippen LogP contribution in [0, 0.1) is 0 Å². The zero-order valence-electron chi connectivity index (χ0n) is 12.3. The third-order valence-corrected chi connectivity index (χ3v) is 3.53. The molecule has 0 aromatic rings. The van der Waals surface area contributed by atoms with Crippen molar-refractivity contribution in [3.63, 3.8) is 0 Å². The van der Waals surface area contributed by atoms with Gasteiger partial charge in [-0.15, -0.1) is 0 Å². The molecule has 8 nitrogen and oxygen atoms in total. The van der Waals surface area contributed by atoms with Crippen LogP contribution in [0.25, 0.3) is 0 Å². The fourth-order valence-electron chi connectivity index (χ4n) is 2.32. The van der Waals surface area contributed by atoms with E-state index >= 15 is 0 Å². The number of aliphatic hydroxyl groups excluding tert-OH is 1. The van der Waals surface area contributed by atoms with Gasteiger partial charge in [-0.25, -0.2) is 0 Å².